The molecule has 0 spiro atoms. The van der Waals surface area contributed by atoms with Crippen LogP contribution < -0.4 is 10.9 Å². The number of ether oxygens (including phenoxy) is 1. The Morgan fingerprint density at radius 2 is 1.81 bits per heavy atom. The Bertz CT molecular complexity index is 1760. The lowest BCUT2D eigenvalue weighted by Gasteiger charge is -2.44. The van der Waals surface area contributed by atoms with E-state index >= 15 is 0 Å². The van der Waals surface area contributed by atoms with Crippen molar-refractivity contribution in [2.24, 2.45) is 0 Å². The second-order valence-corrected chi connectivity index (χ2v) is 13.3. The molecule has 0 atom stereocenters. The summed E-state index contributed by atoms with van der Waals surface area (Å²) in [4.78, 5) is 41.5. The first-order chi connectivity index (χ1) is 20.0. The number of pyridine rings is 1. The molecule has 0 saturated heterocycles. The number of halogens is 1. The molecule has 1 aliphatic rings. The number of nitrogens with one attached hydrogen (secondary N) is 1. The molecule has 0 bridgehead atoms. The minimum absolute atomic E-state index is 0.197. The summed E-state index contributed by atoms with van der Waals surface area (Å²) in [7, 11) is 0. The van der Waals surface area contributed by atoms with E-state index < -0.39 is 16.8 Å². The number of rotatable bonds is 5. The van der Waals surface area contributed by atoms with Crippen LogP contribution >= 0.6 is 0 Å². The van der Waals surface area contributed by atoms with E-state index in [-0.39, 0.29) is 23.4 Å². The molecule has 4 aromatic rings. The van der Waals surface area contributed by atoms with Gasteiger partial charge in [0.25, 0.3) is 5.56 Å². The first-order valence-corrected chi connectivity index (χ1v) is 14.5. The molecule has 228 valence electrons. The zero-order valence-electron chi connectivity index (χ0n) is 26.3. The molecule has 0 unspecified atom stereocenters. The Labute approximate surface area is 250 Å². The number of alkyl halides is 1. The van der Waals surface area contributed by atoms with Crippen molar-refractivity contribution in [1.29, 1.82) is 0 Å². The molecular weight excluding hydrogens is 549 g/mol. The topological polar surface area (TPSA) is 107 Å². The molecule has 43 heavy (non-hydrogen) atoms. The zero-order chi connectivity index (χ0) is 31.5. The normalized spacial score (nSPS) is 15.1. The molecule has 0 fully saturated rings. The maximum absolute atomic E-state index is 14.8. The highest BCUT2D eigenvalue weighted by Crippen LogP contribution is 2.37. The third-order valence-corrected chi connectivity index (χ3v) is 7.62. The molecule has 5 rings (SSSR count). The highest BCUT2D eigenvalue weighted by molar-refractivity contribution is 5.77. The Kier molecular flexibility index (Phi) is 7.35. The van der Waals surface area contributed by atoms with Crippen LogP contribution in [0.2, 0.25) is 0 Å². The van der Waals surface area contributed by atoms with Gasteiger partial charge in [-0.1, -0.05) is 6.07 Å². The van der Waals surface area contributed by atoms with E-state index in [0.29, 0.717) is 35.6 Å². The number of hydrogen-bond acceptors (Lipinski definition) is 7. The first-order valence-electron chi connectivity index (χ1n) is 14.5. The SMILES string of the molecule is CC(C)n1c(=O)c2cnc(Nc3ccc4c(c3)CCN(C(=O)OC(C)(C)C)C4(C)C)nc2n1-c1ccnc(C(C)(C)F)c1. The Morgan fingerprint density at radius 1 is 1.09 bits per heavy atom. The summed E-state index contributed by atoms with van der Waals surface area (Å²) in [6, 6.07) is 9.15. The molecular formula is C32H40FN7O3. The Hall–Kier alpha value is -4.28. The summed E-state index contributed by atoms with van der Waals surface area (Å²) in [6.07, 6.45) is 3.39. The maximum Gasteiger partial charge on any atom is 0.411 e. The molecule has 1 aromatic carbocycles. The van der Waals surface area contributed by atoms with Crippen LogP contribution in [0.15, 0.2) is 47.5 Å². The van der Waals surface area contributed by atoms with Crippen LogP contribution in [0.1, 0.15) is 85.2 Å². The molecule has 3 aromatic heterocycles. The second-order valence-electron chi connectivity index (χ2n) is 13.3. The fourth-order valence-corrected chi connectivity index (χ4v) is 5.55. The van der Waals surface area contributed by atoms with Crippen molar-refractivity contribution in [2.75, 3.05) is 11.9 Å². The molecule has 0 aliphatic carbocycles. The summed E-state index contributed by atoms with van der Waals surface area (Å²) in [5, 5.41) is 3.64. The van der Waals surface area contributed by atoms with Crippen molar-refractivity contribution < 1.29 is 13.9 Å². The molecule has 4 heterocycles. The van der Waals surface area contributed by atoms with Gasteiger partial charge in [-0.25, -0.2) is 23.5 Å². The second kappa shape index (κ2) is 10.5. The van der Waals surface area contributed by atoms with E-state index in [0.717, 1.165) is 16.8 Å². The number of carbonyl (C=O) groups is 1. The van der Waals surface area contributed by atoms with Crippen molar-refractivity contribution >= 4 is 28.8 Å². The fourth-order valence-electron chi connectivity index (χ4n) is 5.55. The molecule has 1 amide bonds. The fraction of sp³-hybridized carbons (Fsp3) is 0.469. The summed E-state index contributed by atoms with van der Waals surface area (Å²) in [5.74, 6) is 0.313. The number of benzene rings is 1. The summed E-state index contributed by atoms with van der Waals surface area (Å²) in [5.41, 5.74) is 1.13. The molecule has 10 nitrogen and oxygen atoms in total. The minimum Gasteiger partial charge on any atom is -0.444 e. The number of amides is 1. The van der Waals surface area contributed by atoms with Crippen molar-refractivity contribution in [3.63, 3.8) is 0 Å². The highest BCUT2D eigenvalue weighted by atomic mass is 19.1. The van der Waals surface area contributed by atoms with Gasteiger partial charge in [0.15, 0.2) is 5.65 Å². The van der Waals surface area contributed by atoms with Crippen LogP contribution in [-0.2, 0) is 22.4 Å². The van der Waals surface area contributed by atoms with Gasteiger partial charge in [-0.2, -0.15) is 4.98 Å². The quantitative estimate of drug-likeness (QED) is 0.282. The van der Waals surface area contributed by atoms with Crippen LogP contribution in [0, 0.1) is 0 Å². The first kappa shape index (κ1) is 30.2. The van der Waals surface area contributed by atoms with E-state index in [1.54, 1.807) is 26.4 Å². The van der Waals surface area contributed by atoms with Crippen molar-refractivity contribution in [2.45, 2.75) is 91.6 Å². The van der Waals surface area contributed by atoms with Crippen molar-refractivity contribution in [3.8, 4) is 5.69 Å². The lowest BCUT2D eigenvalue weighted by molar-refractivity contribution is -0.000303. The average Bonchev–Trinajstić information content (AvgIpc) is 3.18. The van der Waals surface area contributed by atoms with Crippen LogP contribution in [0.4, 0.5) is 20.8 Å². The number of nitrogens with zero attached hydrogens (tertiary/aromatic N) is 6. The summed E-state index contributed by atoms with van der Waals surface area (Å²) >= 11 is 0. The van der Waals surface area contributed by atoms with Crippen molar-refractivity contribution in [3.05, 3.63) is 69.9 Å². The van der Waals surface area contributed by atoms with Gasteiger partial charge in [0.1, 0.15) is 16.7 Å². The van der Waals surface area contributed by atoms with Gasteiger partial charge in [0, 0.05) is 30.7 Å². The largest absolute Gasteiger partial charge is 0.444 e. The lowest BCUT2D eigenvalue weighted by atomic mass is 9.83. The zero-order valence-corrected chi connectivity index (χ0v) is 26.3. The number of anilines is 2. The van der Waals surface area contributed by atoms with E-state index in [9.17, 15) is 14.0 Å². The van der Waals surface area contributed by atoms with Gasteiger partial charge in [0.05, 0.1) is 16.9 Å². The van der Waals surface area contributed by atoms with Crippen LogP contribution in [0.3, 0.4) is 0 Å². The van der Waals surface area contributed by atoms with Crippen LogP contribution in [-0.4, -0.2) is 47.5 Å². The van der Waals surface area contributed by atoms with E-state index in [1.165, 1.54) is 26.2 Å². The standard InChI is InChI=1S/C32H40FN7O3/c1-19(2)39-27(41)23-18-35-28(37-26(23)40(39)22-12-14-34-25(17-22)31(6,7)33)36-21-10-11-24-20(16-21)13-15-38(32(24,8)9)29(42)43-30(3,4)5/h10-12,14,16-19H,13,15H2,1-9H3,(H,35,36,37). The van der Waals surface area contributed by atoms with Gasteiger partial charge >= 0.3 is 6.09 Å². The lowest BCUT2D eigenvalue weighted by Crippen LogP contribution is -2.51. The van der Waals surface area contributed by atoms with Gasteiger partial charge in [-0.15, -0.1) is 0 Å². The van der Waals surface area contributed by atoms with Crippen LogP contribution in [0.5, 0.6) is 0 Å². The molecule has 0 saturated carbocycles. The van der Waals surface area contributed by atoms with E-state index in [2.05, 4.69) is 15.3 Å². The third kappa shape index (κ3) is 5.72. The van der Waals surface area contributed by atoms with Crippen molar-refractivity contribution in [1.82, 2.24) is 29.2 Å². The average molecular weight is 590 g/mol. The summed E-state index contributed by atoms with van der Waals surface area (Å²) < 4.78 is 23.7. The van der Waals surface area contributed by atoms with Gasteiger partial charge in [0.2, 0.25) is 5.95 Å². The molecule has 1 N–H and O–H groups in total. The predicted octanol–water partition coefficient (Wildman–Crippen LogP) is 6.53. The van der Waals surface area contributed by atoms with E-state index in [1.807, 2.05) is 66.7 Å². The van der Waals surface area contributed by atoms with Gasteiger partial charge < -0.3 is 10.1 Å². The smallest absolute Gasteiger partial charge is 0.411 e. The van der Waals surface area contributed by atoms with Gasteiger partial charge in [-0.3, -0.25) is 14.7 Å². The predicted molar refractivity (Wildman–Crippen MR) is 165 cm³/mol. The number of aromatic nitrogens is 5. The number of carbonyl (C=O) groups excluding carboxylic acids is 1. The van der Waals surface area contributed by atoms with Crippen LogP contribution in [0.25, 0.3) is 16.7 Å². The third-order valence-electron chi connectivity index (χ3n) is 7.62. The van der Waals surface area contributed by atoms with Gasteiger partial charge in [-0.05, 0) is 104 Å². The number of fused-ring (bicyclic) bond motifs is 2. The highest BCUT2D eigenvalue weighted by Gasteiger charge is 2.39. The maximum atomic E-state index is 14.8. The summed E-state index contributed by atoms with van der Waals surface area (Å²) in [6.45, 7) is 16.9. The minimum atomic E-state index is -1.66. The molecule has 1 aliphatic heterocycles. The molecule has 0 radical (unpaired) electrons. The Balaban J connectivity index is 1.51. The van der Waals surface area contributed by atoms with E-state index in [4.69, 9.17) is 9.72 Å². The number of hydrogen-bond donors (Lipinski definition) is 1. The Morgan fingerprint density at radius 3 is 2.47 bits per heavy atom. The monoisotopic (exact) mass is 589 g/mol. The molecule has 11 heteroatoms.